The standard InChI is InChI=1S/C21H26N2/c1-15-8-9-20(16(2)12-15)23-11-10-22-14-21(23)19-13-18(19)17-6-4-3-5-7-17/h3-9,12,18-19,21-22H,10-11,13-14H2,1-2H3/t18?,19?,21-/m1/s1. The topological polar surface area (TPSA) is 15.3 Å². The Hall–Kier alpha value is -1.80. The van der Waals surface area contributed by atoms with Gasteiger partial charge in [0.2, 0.25) is 0 Å². The predicted octanol–water partition coefficient (Wildman–Crippen LogP) is 3.89. The molecule has 1 heterocycles. The minimum absolute atomic E-state index is 0.621. The van der Waals surface area contributed by atoms with Crippen LogP contribution < -0.4 is 10.2 Å². The molecule has 1 aliphatic carbocycles. The van der Waals surface area contributed by atoms with E-state index < -0.39 is 0 Å². The molecule has 0 spiro atoms. The number of benzene rings is 2. The molecule has 3 atom stereocenters. The minimum atomic E-state index is 0.621. The van der Waals surface area contributed by atoms with E-state index in [2.05, 4.69) is 72.6 Å². The van der Waals surface area contributed by atoms with E-state index in [9.17, 15) is 0 Å². The number of hydrogen-bond donors (Lipinski definition) is 1. The summed E-state index contributed by atoms with van der Waals surface area (Å²) in [6.45, 7) is 7.75. The molecule has 4 rings (SSSR count). The van der Waals surface area contributed by atoms with Crippen LogP contribution in [0.2, 0.25) is 0 Å². The molecule has 23 heavy (non-hydrogen) atoms. The molecule has 1 saturated carbocycles. The highest BCUT2D eigenvalue weighted by molar-refractivity contribution is 5.56. The van der Waals surface area contributed by atoms with Crippen LogP contribution in [0.15, 0.2) is 48.5 Å². The molecule has 1 saturated heterocycles. The van der Waals surface area contributed by atoms with Crippen molar-refractivity contribution in [2.24, 2.45) is 5.92 Å². The van der Waals surface area contributed by atoms with Gasteiger partial charge in [-0.1, -0.05) is 48.0 Å². The molecule has 2 aromatic carbocycles. The number of nitrogens with zero attached hydrogens (tertiary/aromatic N) is 1. The molecule has 0 radical (unpaired) electrons. The number of aryl methyl sites for hydroxylation is 2. The second kappa shape index (κ2) is 6.01. The van der Waals surface area contributed by atoms with Crippen LogP contribution in [-0.4, -0.2) is 25.7 Å². The summed E-state index contributed by atoms with van der Waals surface area (Å²) >= 11 is 0. The Morgan fingerprint density at radius 1 is 1.04 bits per heavy atom. The number of anilines is 1. The van der Waals surface area contributed by atoms with Crippen molar-refractivity contribution in [2.75, 3.05) is 24.5 Å². The molecular weight excluding hydrogens is 280 g/mol. The molecule has 2 nitrogen and oxygen atoms in total. The van der Waals surface area contributed by atoms with Crippen molar-refractivity contribution in [3.05, 3.63) is 65.2 Å². The lowest BCUT2D eigenvalue weighted by molar-refractivity contribution is 0.434. The van der Waals surface area contributed by atoms with Gasteiger partial charge in [-0.2, -0.15) is 0 Å². The average molecular weight is 306 g/mol. The molecule has 0 bridgehead atoms. The summed E-state index contributed by atoms with van der Waals surface area (Å²) in [6.07, 6.45) is 1.33. The highest BCUT2D eigenvalue weighted by atomic mass is 15.2. The van der Waals surface area contributed by atoms with Crippen molar-refractivity contribution in [1.82, 2.24) is 5.32 Å². The van der Waals surface area contributed by atoms with Crippen molar-refractivity contribution in [3.63, 3.8) is 0 Å². The van der Waals surface area contributed by atoms with Gasteiger partial charge in [-0.25, -0.2) is 0 Å². The molecule has 1 N–H and O–H groups in total. The maximum Gasteiger partial charge on any atom is 0.0449 e. The van der Waals surface area contributed by atoms with E-state index in [0.29, 0.717) is 6.04 Å². The lowest BCUT2D eigenvalue weighted by Gasteiger charge is -2.39. The maximum absolute atomic E-state index is 3.62. The molecule has 0 aromatic heterocycles. The Morgan fingerprint density at radius 2 is 1.87 bits per heavy atom. The van der Waals surface area contributed by atoms with E-state index in [1.807, 2.05) is 0 Å². The first-order valence-corrected chi connectivity index (χ1v) is 8.83. The van der Waals surface area contributed by atoms with Gasteiger partial charge in [0.15, 0.2) is 0 Å². The summed E-state index contributed by atoms with van der Waals surface area (Å²) in [5.74, 6) is 1.53. The number of hydrogen-bond acceptors (Lipinski definition) is 2. The number of piperazine rings is 1. The summed E-state index contributed by atoms with van der Waals surface area (Å²) < 4.78 is 0. The average Bonchev–Trinajstić information content (AvgIpc) is 3.36. The Labute approximate surface area is 139 Å². The minimum Gasteiger partial charge on any atom is -0.365 e. The fourth-order valence-electron chi connectivity index (χ4n) is 4.26. The van der Waals surface area contributed by atoms with E-state index >= 15 is 0 Å². The molecule has 2 aliphatic rings. The first-order valence-electron chi connectivity index (χ1n) is 8.83. The van der Waals surface area contributed by atoms with Crippen LogP contribution in [-0.2, 0) is 0 Å². The fraction of sp³-hybridized carbons (Fsp3) is 0.429. The van der Waals surface area contributed by atoms with E-state index in [1.54, 1.807) is 0 Å². The largest absolute Gasteiger partial charge is 0.365 e. The van der Waals surface area contributed by atoms with E-state index in [-0.39, 0.29) is 0 Å². The van der Waals surface area contributed by atoms with Crippen LogP contribution in [0.5, 0.6) is 0 Å². The summed E-state index contributed by atoms with van der Waals surface area (Å²) in [5, 5.41) is 3.62. The van der Waals surface area contributed by atoms with E-state index in [0.717, 1.165) is 31.5 Å². The van der Waals surface area contributed by atoms with Gasteiger partial charge in [0.25, 0.3) is 0 Å². The van der Waals surface area contributed by atoms with Gasteiger partial charge < -0.3 is 10.2 Å². The van der Waals surface area contributed by atoms with Crippen LogP contribution in [0.3, 0.4) is 0 Å². The highest BCUT2D eigenvalue weighted by Gasteiger charge is 2.46. The van der Waals surface area contributed by atoms with Gasteiger partial charge in [0.1, 0.15) is 0 Å². The summed E-state index contributed by atoms with van der Waals surface area (Å²) in [7, 11) is 0. The van der Waals surface area contributed by atoms with Crippen molar-refractivity contribution in [1.29, 1.82) is 0 Å². The van der Waals surface area contributed by atoms with Crippen molar-refractivity contribution in [2.45, 2.75) is 32.2 Å². The Balaban J connectivity index is 1.57. The van der Waals surface area contributed by atoms with Gasteiger partial charge >= 0.3 is 0 Å². The van der Waals surface area contributed by atoms with E-state index in [1.165, 1.54) is 28.8 Å². The lowest BCUT2D eigenvalue weighted by Crippen LogP contribution is -2.53. The Bertz CT molecular complexity index is 679. The van der Waals surface area contributed by atoms with Crippen LogP contribution in [0.4, 0.5) is 5.69 Å². The van der Waals surface area contributed by atoms with E-state index in [4.69, 9.17) is 0 Å². The molecular formula is C21H26N2. The third-order valence-electron chi connectivity index (χ3n) is 5.51. The summed E-state index contributed by atoms with van der Waals surface area (Å²) in [6, 6.07) is 18.6. The van der Waals surface area contributed by atoms with Crippen molar-refractivity contribution >= 4 is 5.69 Å². The van der Waals surface area contributed by atoms with Gasteiger partial charge in [-0.3, -0.25) is 0 Å². The van der Waals surface area contributed by atoms with Crippen LogP contribution >= 0.6 is 0 Å². The molecule has 1 aliphatic heterocycles. The third kappa shape index (κ3) is 2.88. The second-order valence-electron chi connectivity index (χ2n) is 7.17. The number of nitrogens with one attached hydrogen (secondary N) is 1. The Morgan fingerprint density at radius 3 is 2.65 bits per heavy atom. The van der Waals surface area contributed by atoms with Gasteiger partial charge in [-0.05, 0) is 49.3 Å². The Kier molecular flexibility index (Phi) is 3.86. The zero-order chi connectivity index (χ0) is 15.8. The normalized spacial score (nSPS) is 27.0. The zero-order valence-electron chi connectivity index (χ0n) is 14.1. The second-order valence-corrected chi connectivity index (χ2v) is 7.17. The quantitative estimate of drug-likeness (QED) is 0.925. The van der Waals surface area contributed by atoms with Gasteiger partial charge in [-0.15, -0.1) is 0 Å². The molecule has 2 heteroatoms. The fourth-order valence-corrected chi connectivity index (χ4v) is 4.26. The third-order valence-corrected chi connectivity index (χ3v) is 5.51. The first-order chi connectivity index (χ1) is 11.2. The maximum atomic E-state index is 3.62. The molecule has 2 fully saturated rings. The van der Waals surface area contributed by atoms with Gasteiger partial charge in [0.05, 0.1) is 0 Å². The smallest absolute Gasteiger partial charge is 0.0449 e. The summed E-state index contributed by atoms with van der Waals surface area (Å²) in [5.41, 5.74) is 5.71. The SMILES string of the molecule is Cc1ccc(N2CCNC[C@@H]2C2CC2c2ccccc2)c(C)c1. The molecule has 0 amide bonds. The first kappa shape index (κ1) is 14.8. The summed E-state index contributed by atoms with van der Waals surface area (Å²) in [4.78, 5) is 2.67. The van der Waals surface area contributed by atoms with Crippen molar-refractivity contribution < 1.29 is 0 Å². The van der Waals surface area contributed by atoms with Crippen LogP contribution in [0.1, 0.15) is 29.0 Å². The van der Waals surface area contributed by atoms with Gasteiger partial charge in [0, 0.05) is 31.4 Å². The molecule has 2 aromatic rings. The molecule has 2 unspecified atom stereocenters. The monoisotopic (exact) mass is 306 g/mol. The van der Waals surface area contributed by atoms with Crippen molar-refractivity contribution in [3.8, 4) is 0 Å². The lowest BCUT2D eigenvalue weighted by atomic mass is 10.0. The number of rotatable bonds is 3. The molecule has 120 valence electrons. The van der Waals surface area contributed by atoms with Crippen LogP contribution in [0.25, 0.3) is 0 Å². The zero-order valence-corrected chi connectivity index (χ0v) is 14.1. The highest BCUT2D eigenvalue weighted by Crippen LogP contribution is 2.51. The predicted molar refractivity (Wildman–Crippen MR) is 97.2 cm³/mol. The van der Waals surface area contributed by atoms with Crippen LogP contribution in [0, 0.1) is 19.8 Å².